The highest BCUT2D eigenvalue weighted by Crippen LogP contribution is 2.50. The average Bonchev–Trinajstić information content (AvgIpc) is 3.08. The molecular formula is C22H17F3N2O3S2. The Morgan fingerprint density at radius 3 is 2.81 bits per heavy atom. The molecule has 0 aliphatic carbocycles. The Morgan fingerprint density at radius 2 is 2.00 bits per heavy atom. The van der Waals surface area contributed by atoms with Crippen molar-refractivity contribution < 1.29 is 22.7 Å². The van der Waals surface area contributed by atoms with Crippen LogP contribution in [0.4, 0.5) is 18.9 Å². The van der Waals surface area contributed by atoms with E-state index >= 15 is 0 Å². The van der Waals surface area contributed by atoms with Crippen LogP contribution in [0.5, 0.6) is 5.75 Å². The number of aromatic nitrogens is 1. The van der Waals surface area contributed by atoms with Gasteiger partial charge in [-0.2, -0.15) is 13.2 Å². The first-order chi connectivity index (χ1) is 15.3. The fourth-order valence-electron chi connectivity index (χ4n) is 4.11. The third-order valence-electron chi connectivity index (χ3n) is 5.54. The first kappa shape index (κ1) is 21.1. The summed E-state index contributed by atoms with van der Waals surface area (Å²) in [5.74, 6) is 1.26. The maximum Gasteiger partial charge on any atom is 0.416 e. The molecule has 10 heteroatoms. The lowest BCUT2D eigenvalue weighted by Gasteiger charge is -2.36. The lowest BCUT2D eigenvalue weighted by Crippen LogP contribution is -2.31. The van der Waals surface area contributed by atoms with Crippen molar-refractivity contribution in [3.63, 3.8) is 0 Å². The van der Waals surface area contributed by atoms with Crippen LogP contribution in [0.2, 0.25) is 0 Å². The average molecular weight is 479 g/mol. The number of rotatable bonds is 3. The van der Waals surface area contributed by atoms with E-state index in [1.807, 2.05) is 24.3 Å². The van der Waals surface area contributed by atoms with Gasteiger partial charge < -0.3 is 10.1 Å². The van der Waals surface area contributed by atoms with Gasteiger partial charge >= 0.3 is 11.0 Å². The minimum absolute atomic E-state index is 0.0293. The van der Waals surface area contributed by atoms with Gasteiger partial charge in [0.05, 0.1) is 17.2 Å². The number of halogens is 3. The summed E-state index contributed by atoms with van der Waals surface area (Å²) in [6.07, 6.45) is -4.50. The standard InChI is InChI=1S/C22H17F3N2O3S2/c23-22(24,25)13-4-3-5-14(8-13)26-17(28)9-27-20-19(32-21(27)29)18-12(11-31-20)10-30-16-7-2-1-6-15(16)18/h1-8,12,18H,9-11H2,(H,26,28). The number of carbonyl (C=O) groups is 1. The van der Waals surface area contributed by atoms with E-state index in [0.29, 0.717) is 6.61 Å². The molecule has 166 valence electrons. The van der Waals surface area contributed by atoms with Crippen LogP contribution < -0.4 is 14.9 Å². The van der Waals surface area contributed by atoms with Gasteiger partial charge in [-0.05, 0) is 24.3 Å². The van der Waals surface area contributed by atoms with Gasteiger partial charge in [-0.25, -0.2) is 0 Å². The second kappa shape index (κ2) is 8.00. The second-order valence-corrected chi connectivity index (χ2v) is 9.65. The van der Waals surface area contributed by atoms with E-state index in [-0.39, 0.29) is 28.9 Å². The summed E-state index contributed by atoms with van der Waals surface area (Å²) in [6.45, 7) is 0.305. The van der Waals surface area contributed by atoms with Crippen LogP contribution in [0.25, 0.3) is 0 Å². The number of fused-ring (bicyclic) bond motifs is 5. The number of para-hydroxylation sites is 1. The summed E-state index contributed by atoms with van der Waals surface area (Å²) in [5.41, 5.74) is 0.223. The van der Waals surface area contributed by atoms with Crippen molar-refractivity contribution in [2.24, 2.45) is 5.92 Å². The van der Waals surface area contributed by atoms with Crippen LogP contribution in [-0.4, -0.2) is 22.8 Å². The number of amides is 1. The van der Waals surface area contributed by atoms with E-state index in [1.54, 1.807) is 0 Å². The lowest BCUT2D eigenvalue weighted by atomic mass is 9.84. The van der Waals surface area contributed by atoms with E-state index in [9.17, 15) is 22.8 Å². The molecule has 2 aromatic carbocycles. The van der Waals surface area contributed by atoms with Crippen molar-refractivity contribution in [2.45, 2.75) is 23.7 Å². The molecule has 2 aliphatic heterocycles. The molecule has 0 spiro atoms. The first-order valence-electron chi connectivity index (χ1n) is 9.86. The number of anilines is 1. The lowest BCUT2D eigenvalue weighted by molar-refractivity contribution is -0.137. The molecule has 0 radical (unpaired) electrons. The molecule has 0 saturated heterocycles. The van der Waals surface area contributed by atoms with Crippen LogP contribution in [0.15, 0.2) is 58.4 Å². The highest BCUT2D eigenvalue weighted by molar-refractivity contribution is 7.99. The number of carbonyl (C=O) groups excluding carboxylic acids is 1. The minimum atomic E-state index is -4.50. The van der Waals surface area contributed by atoms with Gasteiger partial charge in [-0.15, -0.1) is 11.8 Å². The molecule has 5 nitrogen and oxygen atoms in total. The number of alkyl halides is 3. The van der Waals surface area contributed by atoms with Gasteiger partial charge in [0.25, 0.3) is 0 Å². The summed E-state index contributed by atoms with van der Waals surface area (Å²) < 4.78 is 46.1. The Hall–Kier alpha value is -2.72. The van der Waals surface area contributed by atoms with Gasteiger partial charge in [0.1, 0.15) is 12.3 Å². The number of nitrogens with zero attached hydrogens (tertiary/aromatic N) is 1. The van der Waals surface area contributed by atoms with E-state index in [1.165, 1.54) is 28.5 Å². The van der Waals surface area contributed by atoms with E-state index in [4.69, 9.17) is 4.74 Å². The predicted molar refractivity (Wildman–Crippen MR) is 117 cm³/mol. The Kier molecular flexibility index (Phi) is 5.29. The molecule has 2 atom stereocenters. The van der Waals surface area contributed by atoms with Gasteiger partial charge in [0.15, 0.2) is 0 Å². The number of hydrogen-bond acceptors (Lipinski definition) is 5. The number of hydrogen-bond donors (Lipinski definition) is 1. The highest BCUT2D eigenvalue weighted by Gasteiger charge is 2.40. The maximum atomic E-state index is 12.9. The molecule has 5 rings (SSSR count). The zero-order chi connectivity index (χ0) is 22.5. The fraction of sp³-hybridized carbons (Fsp3) is 0.273. The van der Waals surface area contributed by atoms with Crippen LogP contribution in [-0.2, 0) is 17.5 Å². The van der Waals surface area contributed by atoms with Crippen molar-refractivity contribution >= 4 is 34.7 Å². The molecule has 0 bridgehead atoms. The van der Waals surface area contributed by atoms with Gasteiger partial charge in [0.2, 0.25) is 5.91 Å². The summed E-state index contributed by atoms with van der Waals surface area (Å²) in [4.78, 5) is 26.0. The number of thiazole rings is 1. The summed E-state index contributed by atoms with van der Waals surface area (Å²) in [7, 11) is 0. The van der Waals surface area contributed by atoms with Crippen LogP contribution in [0, 0.1) is 5.92 Å². The highest BCUT2D eigenvalue weighted by atomic mass is 32.2. The van der Waals surface area contributed by atoms with Crippen molar-refractivity contribution in [2.75, 3.05) is 17.7 Å². The maximum absolute atomic E-state index is 12.9. The SMILES string of the molecule is O=C(Cn1c2c(sc1=O)C1c3ccccc3OCC1CS2)Nc1cccc(C(F)(F)F)c1. The Labute approximate surface area is 189 Å². The van der Waals surface area contributed by atoms with Crippen LogP contribution in [0.1, 0.15) is 21.9 Å². The third-order valence-corrected chi connectivity index (χ3v) is 8.04. The quantitative estimate of drug-likeness (QED) is 0.587. The van der Waals surface area contributed by atoms with E-state index in [2.05, 4.69) is 5.32 Å². The summed E-state index contributed by atoms with van der Waals surface area (Å²) in [5, 5.41) is 3.22. The molecule has 0 saturated carbocycles. The Morgan fingerprint density at radius 1 is 1.19 bits per heavy atom. The number of thioether (sulfide) groups is 1. The molecular weight excluding hydrogens is 461 g/mol. The zero-order valence-corrected chi connectivity index (χ0v) is 18.2. The first-order valence-corrected chi connectivity index (χ1v) is 11.7. The topological polar surface area (TPSA) is 60.3 Å². The van der Waals surface area contributed by atoms with E-state index < -0.39 is 17.6 Å². The number of benzene rings is 2. The Balaban J connectivity index is 1.41. The molecule has 32 heavy (non-hydrogen) atoms. The summed E-state index contributed by atoms with van der Waals surface area (Å²) in [6, 6.07) is 12.2. The molecule has 1 N–H and O–H groups in total. The summed E-state index contributed by atoms with van der Waals surface area (Å²) >= 11 is 2.64. The zero-order valence-electron chi connectivity index (χ0n) is 16.5. The van der Waals surface area contributed by atoms with Crippen LogP contribution in [0.3, 0.4) is 0 Å². The smallest absolute Gasteiger partial charge is 0.416 e. The largest absolute Gasteiger partial charge is 0.493 e. The monoisotopic (exact) mass is 478 g/mol. The number of ether oxygens (including phenoxy) is 1. The van der Waals surface area contributed by atoms with Gasteiger partial charge in [-0.3, -0.25) is 14.2 Å². The third kappa shape index (κ3) is 3.81. The fourth-order valence-corrected chi connectivity index (χ4v) is 6.80. The normalized spacial score (nSPS) is 19.3. The second-order valence-electron chi connectivity index (χ2n) is 7.65. The molecule has 1 aromatic heterocycles. The van der Waals surface area contributed by atoms with Crippen molar-refractivity contribution in [1.82, 2.24) is 4.57 Å². The van der Waals surface area contributed by atoms with Crippen LogP contribution >= 0.6 is 23.1 Å². The molecule has 2 unspecified atom stereocenters. The molecule has 1 amide bonds. The predicted octanol–water partition coefficient (Wildman–Crippen LogP) is 4.81. The molecule has 2 aliphatic rings. The van der Waals surface area contributed by atoms with Crippen molar-refractivity contribution in [1.29, 1.82) is 0 Å². The Bertz CT molecular complexity index is 1250. The van der Waals surface area contributed by atoms with Crippen molar-refractivity contribution in [3.05, 3.63) is 74.2 Å². The molecule has 3 heterocycles. The van der Waals surface area contributed by atoms with Gasteiger partial charge in [0, 0.05) is 33.7 Å². The van der Waals surface area contributed by atoms with Crippen molar-refractivity contribution in [3.8, 4) is 5.75 Å². The number of nitrogens with one attached hydrogen (secondary N) is 1. The molecule has 3 aromatic rings. The minimum Gasteiger partial charge on any atom is -0.493 e. The van der Waals surface area contributed by atoms with E-state index in [0.717, 1.165) is 50.4 Å². The van der Waals surface area contributed by atoms with Gasteiger partial charge in [-0.1, -0.05) is 35.6 Å². The molecule has 0 fully saturated rings.